The molecular weight excluding hydrogens is 242 g/mol. The summed E-state index contributed by atoms with van der Waals surface area (Å²) in [6.07, 6.45) is 1.02. The Kier molecular flexibility index (Phi) is 6.02. The average Bonchev–Trinajstić information content (AvgIpc) is 2.37. The minimum atomic E-state index is -0.144. The van der Waals surface area contributed by atoms with Crippen LogP contribution in [0.4, 0.5) is 5.69 Å². The molecule has 0 spiro atoms. The first kappa shape index (κ1) is 15.2. The van der Waals surface area contributed by atoms with Gasteiger partial charge in [-0.3, -0.25) is 9.59 Å². The highest BCUT2D eigenvalue weighted by molar-refractivity contribution is 5.97. The topological polar surface area (TPSA) is 84.2 Å². The Hall–Kier alpha value is -1.88. The first-order chi connectivity index (χ1) is 9.02. The quantitative estimate of drug-likeness (QED) is 0.727. The van der Waals surface area contributed by atoms with E-state index in [9.17, 15) is 9.59 Å². The molecule has 5 nitrogen and oxygen atoms in total. The number of nitrogens with one attached hydrogen (secondary N) is 2. The summed E-state index contributed by atoms with van der Waals surface area (Å²) < 4.78 is 0. The van der Waals surface area contributed by atoms with Crippen molar-refractivity contribution in [1.82, 2.24) is 5.32 Å². The Balaban J connectivity index is 2.61. The molecule has 4 N–H and O–H groups in total. The van der Waals surface area contributed by atoms with Crippen molar-refractivity contribution in [2.75, 3.05) is 11.9 Å². The number of carbonyl (C=O) groups is 2. The zero-order chi connectivity index (χ0) is 14.3. The molecule has 1 aromatic rings. The van der Waals surface area contributed by atoms with Gasteiger partial charge in [-0.05, 0) is 38.5 Å². The minimum Gasteiger partial charge on any atom is -0.352 e. The van der Waals surface area contributed by atoms with Crippen molar-refractivity contribution < 1.29 is 9.59 Å². The van der Waals surface area contributed by atoms with Crippen LogP contribution in [0.2, 0.25) is 0 Å². The van der Waals surface area contributed by atoms with Gasteiger partial charge in [0.05, 0.1) is 0 Å². The fraction of sp³-hybridized carbons (Fsp3) is 0.429. The number of nitrogens with two attached hydrogens (primary N) is 1. The van der Waals surface area contributed by atoms with Crippen molar-refractivity contribution in [3.05, 3.63) is 29.8 Å². The number of benzene rings is 1. The van der Waals surface area contributed by atoms with E-state index in [1.165, 1.54) is 0 Å². The number of amides is 2. The SMILES string of the molecule is CCNC(=O)c1cccc(NC(=O)CCC(C)N)c1. The molecule has 1 aromatic carbocycles. The maximum atomic E-state index is 11.7. The van der Waals surface area contributed by atoms with E-state index in [1.54, 1.807) is 24.3 Å². The van der Waals surface area contributed by atoms with E-state index in [2.05, 4.69) is 10.6 Å². The third kappa shape index (κ3) is 5.52. The van der Waals surface area contributed by atoms with Crippen molar-refractivity contribution in [3.8, 4) is 0 Å². The molecule has 1 atom stereocenters. The molecule has 0 aliphatic carbocycles. The highest BCUT2D eigenvalue weighted by Crippen LogP contribution is 2.11. The predicted molar refractivity (Wildman–Crippen MR) is 76.0 cm³/mol. The van der Waals surface area contributed by atoms with Gasteiger partial charge in [-0.1, -0.05) is 6.07 Å². The van der Waals surface area contributed by atoms with E-state index in [-0.39, 0.29) is 17.9 Å². The molecule has 1 unspecified atom stereocenters. The number of hydrogen-bond acceptors (Lipinski definition) is 3. The third-order valence-corrected chi connectivity index (χ3v) is 2.57. The van der Waals surface area contributed by atoms with Gasteiger partial charge in [-0.25, -0.2) is 0 Å². The lowest BCUT2D eigenvalue weighted by Crippen LogP contribution is -2.23. The Morgan fingerprint density at radius 3 is 2.74 bits per heavy atom. The van der Waals surface area contributed by atoms with Crippen molar-refractivity contribution in [3.63, 3.8) is 0 Å². The second-order valence-corrected chi connectivity index (χ2v) is 4.50. The van der Waals surface area contributed by atoms with Gasteiger partial charge in [-0.2, -0.15) is 0 Å². The average molecular weight is 263 g/mol. The highest BCUT2D eigenvalue weighted by atomic mass is 16.2. The smallest absolute Gasteiger partial charge is 0.251 e. The van der Waals surface area contributed by atoms with Gasteiger partial charge >= 0.3 is 0 Å². The Morgan fingerprint density at radius 1 is 1.37 bits per heavy atom. The van der Waals surface area contributed by atoms with E-state index >= 15 is 0 Å². The van der Waals surface area contributed by atoms with Gasteiger partial charge in [0.15, 0.2) is 0 Å². The molecule has 5 heteroatoms. The molecule has 0 saturated heterocycles. The monoisotopic (exact) mass is 263 g/mol. The van der Waals surface area contributed by atoms with Crippen LogP contribution in [-0.2, 0) is 4.79 Å². The van der Waals surface area contributed by atoms with Crippen LogP contribution in [0.15, 0.2) is 24.3 Å². The molecule has 0 aromatic heterocycles. The van der Waals surface area contributed by atoms with Gasteiger partial charge < -0.3 is 16.4 Å². The van der Waals surface area contributed by atoms with Crippen molar-refractivity contribution >= 4 is 17.5 Å². The molecule has 0 fully saturated rings. The lowest BCUT2D eigenvalue weighted by atomic mass is 10.1. The Bertz CT molecular complexity index is 444. The lowest BCUT2D eigenvalue weighted by molar-refractivity contribution is -0.116. The van der Waals surface area contributed by atoms with E-state index < -0.39 is 0 Å². The van der Waals surface area contributed by atoms with Crippen LogP contribution in [0.1, 0.15) is 37.0 Å². The zero-order valence-electron chi connectivity index (χ0n) is 11.4. The molecule has 0 heterocycles. The molecule has 0 aliphatic rings. The largest absolute Gasteiger partial charge is 0.352 e. The standard InChI is InChI=1S/C14H21N3O2/c1-3-16-14(19)11-5-4-6-12(9-11)17-13(18)8-7-10(2)15/h4-6,9-10H,3,7-8,15H2,1-2H3,(H,16,19)(H,17,18). The molecule has 2 amide bonds. The summed E-state index contributed by atoms with van der Waals surface area (Å²) >= 11 is 0. The second kappa shape index (κ2) is 7.53. The molecule has 104 valence electrons. The van der Waals surface area contributed by atoms with Gasteiger partial charge in [-0.15, -0.1) is 0 Å². The highest BCUT2D eigenvalue weighted by Gasteiger charge is 2.07. The fourth-order valence-corrected chi connectivity index (χ4v) is 1.58. The summed E-state index contributed by atoms with van der Waals surface area (Å²) in [6, 6.07) is 6.88. The predicted octanol–water partition coefficient (Wildman–Crippen LogP) is 1.50. The summed E-state index contributed by atoms with van der Waals surface area (Å²) in [5.74, 6) is -0.237. The summed E-state index contributed by atoms with van der Waals surface area (Å²) in [5.41, 5.74) is 6.76. The number of carbonyl (C=O) groups excluding carboxylic acids is 2. The van der Waals surface area contributed by atoms with E-state index in [1.807, 2.05) is 13.8 Å². The molecule has 0 radical (unpaired) electrons. The summed E-state index contributed by atoms with van der Waals surface area (Å²) in [7, 11) is 0. The van der Waals surface area contributed by atoms with Crippen molar-refractivity contribution in [2.45, 2.75) is 32.7 Å². The number of hydrogen-bond donors (Lipinski definition) is 3. The molecule has 1 rings (SSSR count). The maximum Gasteiger partial charge on any atom is 0.251 e. The van der Waals surface area contributed by atoms with Crippen LogP contribution in [0.25, 0.3) is 0 Å². The first-order valence-electron chi connectivity index (χ1n) is 6.46. The van der Waals surface area contributed by atoms with E-state index in [0.29, 0.717) is 30.6 Å². The van der Waals surface area contributed by atoms with Gasteiger partial charge in [0.2, 0.25) is 5.91 Å². The lowest BCUT2D eigenvalue weighted by Gasteiger charge is -2.08. The van der Waals surface area contributed by atoms with E-state index in [4.69, 9.17) is 5.73 Å². The molecular formula is C14H21N3O2. The van der Waals surface area contributed by atoms with E-state index in [0.717, 1.165) is 0 Å². The third-order valence-electron chi connectivity index (χ3n) is 2.57. The fourth-order valence-electron chi connectivity index (χ4n) is 1.58. The van der Waals surface area contributed by atoms with Crippen molar-refractivity contribution in [2.24, 2.45) is 5.73 Å². The molecule has 0 aliphatic heterocycles. The van der Waals surface area contributed by atoms with Crippen LogP contribution in [0.3, 0.4) is 0 Å². The normalized spacial score (nSPS) is 11.7. The Morgan fingerprint density at radius 2 is 2.11 bits per heavy atom. The van der Waals surface area contributed by atoms with Crippen LogP contribution in [0, 0.1) is 0 Å². The van der Waals surface area contributed by atoms with Crippen molar-refractivity contribution in [1.29, 1.82) is 0 Å². The van der Waals surface area contributed by atoms with Crippen LogP contribution in [-0.4, -0.2) is 24.4 Å². The van der Waals surface area contributed by atoms with Gasteiger partial charge in [0, 0.05) is 30.3 Å². The molecule has 19 heavy (non-hydrogen) atoms. The second-order valence-electron chi connectivity index (χ2n) is 4.50. The minimum absolute atomic E-state index is 0.00687. The maximum absolute atomic E-state index is 11.7. The molecule has 0 bridgehead atoms. The van der Waals surface area contributed by atoms with Crippen LogP contribution < -0.4 is 16.4 Å². The molecule has 0 saturated carbocycles. The summed E-state index contributed by atoms with van der Waals surface area (Å²) in [6.45, 7) is 4.30. The van der Waals surface area contributed by atoms with Crippen LogP contribution in [0.5, 0.6) is 0 Å². The first-order valence-corrected chi connectivity index (χ1v) is 6.46. The van der Waals surface area contributed by atoms with Gasteiger partial charge in [0.1, 0.15) is 0 Å². The summed E-state index contributed by atoms with van der Waals surface area (Å²) in [4.78, 5) is 23.3. The Labute approximate surface area is 113 Å². The summed E-state index contributed by atoms with van der Waals surface area (Å²) in [5, 5.41) is 5.47. The zero-order valence-corrected chi connectivity index (χ0v) is 11.4. The number of anilines is 1. The number of rotatable bonds is 6. The van der Waals surface area contributed by atoms with Gasteiger partial charge in [0.25, 0.3) is 5.91 Å². The van der Waals surface area contributed by atoms with Crippen LogP contribution >= 0.6 is 0 Å².